The zero-order chi connectivity index (χ0) is 19.8. The Hall–Kier alpha value is -3.42. The zero-order valence-corrected chi connectivity index (χ0v) is 15.0. The lowest BCUT2D eigenvalue weighted by Crippen LogP contribution is -2.36. The normalized spacial score (nSPS) is 13.3. The smallest absolute Gasteiger partial charge is 0.257 e. The van der Waals surface area contributed by atoms with Gasteiger partial charge in [0.2, 0.25) is 0 Å². The molecule has 6 nitrogen and oxygen atoms in total. The molecule has 8 heteroatoms. The number of carbonyl (C=O) groups excluding carboxylic acids is 1. The number of ether oxygens (including phenoxy) is 1. The fraction of sp³-hybridized carbons (Fsp3) is 0.200. The van der Waals surface area contributed by atoms with E-state index in [4.69, 9.17) is 4.74 Å². The summed E-state index contributed by atoms with van der Waals surface area (Å²) in [5, 5.41) is 17.3. The molecule has 1 amide bonds. The Morgan fingerprint density at radius 2 is 2.04 bits per heavy atom. The van der Waals surface area contributed by atoms with Crippen LogP contribution in [-0.2, 0) is 13.0 Å². The first kappa shape index (κ1) is 18.0. The molecule has 2 heterocycles. The summed E-state index contributed by atoms with van der Waals surface area (Å²) in [5.41, 5.74) is 2.67. The first-order chi connectivity index (χ1) is 13.5. The van der Waals surface area contributed by atoms with Crippen LogP contribution in [0.2, 0.25) is 0 Å². The number of aromatic amines is 1. The quantitative estimate of drug-likeness (QED) is 0.725. The fourth-order valence-corrected chi connectivity index (χ4v) is 3.34. The molecule has 0 saturated carbocycles. The van der Waals surface area contributed by atoms with Crippen LogP contribution in [0.4, 0.5) is 8.78 Å². The number of aromatic nitrogens is 2. The van der Waals surface area contributed by atoms with E-state index in [1.165, 1.54) is 25.3 Å². The second-order valence-electron chi connectivity index (χ2n) is 6.52. The number of halogens is 2. The number of rotatable bonds is 3. The van der Waals surface area contributed by atoms with Crippen molar-refractivity contribution in [3.63, 3.8) is 0 Å². The Balaban J connectivity index is 1.63. The number of aromatic hydroxyl groups is 1. The topological polar surface area (TPSA) is 78.5 Å². The summed E-state index contributed by atoms with van der Waals surface area (Å²) in [7, 11) is 1.47. The van der Waals surface area contributed by atoms with E-state index in [0.717, 1.165) is 23.4 Å². The molecule has 0 aliphatic carbocycles. The van der Waals surface area contributed by atoms with E-state index in [2.05, 4.69) is 10.2 Å². The summed E-state index contributed by atoms with van der Waals surface area (Å²) in [4.78, 5) is 14.5. The first-order valence-corrected chi connectivity index (χ1v) is 8.65. The monoisotopic (exact) mass is 385 g/mol. The molecular formula is C20H17F2N3O3. The van der Waals surface area contributed by atoms with Crippen LogP contribution in [-0.4, -0.2) is 39.8 Å². The molecular weight excluding hydrogens is 368 g/mol. The number of hydrogen-bond acceptors (Lipinski definition) is 4. The number of phenols is 1. The highest BCUT2D eigenvalue weighted by Gasteiger charge is 2.28. The summed E-state index contributed by atoms with van der Waals surface area (Å²) in [6, 6.07) is 8.08. The van der Waals surface area contributed by atoms with Gasteiger partial charge < -0.3 is 14.7 Å². The lowest BCUT2D eigenvalue weighted by molar-refractivity contribution is 0.0731. The average Bonchev–Trinajstić information content (AvgIpc) is 3.12. The van der Waals surface area contributed by atoms with Gasteiger partial charge in [-0.1, -0.05) is 0 Å². The van der Waals surface area contributed by atoms with E-state index in [0.29, 0.717) is 30.0 Å². The van der Waals surface area contributed by atoms with Gasteiger partial charge in [-0.3, -0.25) is 9.89 Å². The number of amides is 1. The highest BCUT2D eigenvalue weighted by atomic mass is 19.2. The zero-order valence-electron chi connectivity index (χ0n) is 15.0. The van der Waals surface area contributed by atoms with E-state index in [1.807, 2.05) is 0 Å². The Kier molecular flexibility index (Phi) is 4.46. The minimum Gasteiger partial charge on any atom is -0.507 e. The van der Waals surface area contributed by atoms with E-state index in [-0.39, 0.29) is 23.8 Å². The minimum absolute atomic E-state index is 0.164. The Morgan fingerprint density at radius 1 is 1.21 bits per heavy atom. The SMILES string of the molecule is COc1ccc(C(=O)N2CCc3[nH]nc(-c4ccc(F)c(F)c4)c3C2)c(O)c1. The maximum Gasteiger partial charge on any atom is 0.257 e. The lowest BCUT2D eigenvalue weighted by atomic mass is 10.00. The molecule has 4 rings (SSSR count). The molecule has 0 fully saturated rings. The molecule has 2 N–H and O–H groups in total. The summed E-state index contributed by atoms with van der Waals surface area (Å²) in [6.45, 7) is 0.682. The standard InChI is InChI=1S/C20H17F2N3O3/c1-28-12-3-4-13(18(26)9-12)20(27)25-7-6-17-14(10-25)19(24-23-17)11-2-5-15(21)16(22)8-11/h2-5,8-9,26H,6-7,10H2,1H3,(H,23,24). The van der Waals surface area contributed by atoms with Gasteiger partial charge >= 0.3 is 0 Å². The number of nitrogens with zero attached hydrogens (tertiary/aromatic N) is 2. The molecule has 0 bridgehead atoms. The van der Waals surface area contributed by atoms with Crippen LogP contribution in [0.25, 0.3) is 11.3 Å². The van der Waals surface area contributed by atoms with Gasteiger partial charge in [0.25, 0.3) is 5.91 Å². The number of hydrogen-bond donors (Lipinski definition) is 2. The number of benzene rings is 2. The van der Waals surface area contributed by atoms with Crippen molar-refractivity contribution in [3.8, 4) is 22.8 Å². The van der Waals surface area contributed by atoms with Gasteiger partial charge in [0.1, 0.15) is 11.5 Å². The molecule has 1 aliphatic rings. The largest absolute Gasteiger partial charge is 0.507 e. The highest BCUT2D eigenvalue weighted by Crippen LogP contribution is 2.31. The van der Waals surface area contributed by atoms with Crippen molar-refractivity contribution >= 4 is 5.91 Å². The molecule has 1 aromatic heterocycles. The average molecular weight is 385 g/mol. The molecule has 144 valence electrons. The molecule has 3 aromatic rings. The number of carbonyl (C=O) groups is 1. The predicted octanol–water partition coefficient (Wildman–Crippen LogP) is 3.27. The summed E-state index contributed by atoms with van der Waals surface area (Å²) >= 11 is 0. The molecule has 28 heavy (non-hydrogen) atoms. The summed E-state index contributed by atoms with van der Waals surface area (Å²) in [5.74, 6) is -1.93. The Morgan fingerprint density at radius 3 is 2.75 bits per heavy atom. The van der Waals surface area contributed by atoms with Crippen LogP contribution in [0.5, 0.6) is 11.5 Å². The van der Waals surface area contributed by atoms with Crippen molar-refractivity contribution in [2.75, 3.05) is 13.7 Å². The fourth-order valence-electron chi connectivity index (χ4n) is 3.34. The van der Waals surface area contributed by atoms with Crippen molar-refractivity contribution in [3.05, 3.63) is 64.9 Å². The van der Waals surface area contributed by atoms with Crippen LogP contribution in [0.3, 0.4) is 0 Å². The highest BCUT2D eigenvalue weighted by molar-refractivity contribution is 5.97. The number of H-pyrrole nitrogens is 1. The van der Waals surface area contributed by atoms with Crippen molar-refractivity contribution in [2.24, 2.45) is 0 Å². The van der Waals surface area contributed by atoms with Crippen molar-refractivity contribution in [1.29, 1.82) is 0 Å². The van der Waals surface area contributed by atoms with Crippen molar-refractivity contribution < 1.29 is 23.4 Å². The molecule has 0 unspecified atom stereocenters. The molecule has 1 aliphatic heterocycles. The van der Waals surface area contributed by atoms with Gasteiger partial charge in [-0.15, -0.1) is 0 Å². The van der Waals surface area contributed by atoms with Gasteiger partial charge in [-0.25, -0.2) is 8.78 Å². The van der Waals surface area contributed by atoms with Crippen LogP contribution in [0.15, 0.2) is 36.4 Å². The summed E-state index contributed by atoms with van der Waals surface area (Å²) < 4.78 is 31.9. The van der Waals surface area contributed by atoms with Gasteiger partial charge in [0.05, 0.1) is 18.4 Å². The third-order valence-electron chi connectivity index (χ3n) is 4.85. The van der Waals surface area contributed by atoms with Crippen LogP contribution >= 0.6 is 0 Å². The third-order valence-corrected chi connectivity index (χ3v) is 4.85. The van der Waals surface area contributed by atoms with Crippen LogP contribution < -0.4 is 4.74 Å². The van der Waals surface area contributed by atoms with E-state index >= 15 is 0 Å². The van der Waals surface area contributed by atoms with Gasteiger partial charge in [-0.2, -0.15) is 5.10 Å². The van der Waals surface area contributed by atoms with Crippen LogP contribution in [0.1, 0.15) is 21.6 Å². The number of methoxy groups -OCH3 is 1. The maximum atomic E-state index is 13.6. The molecule has 2 aromatic carbocycles. The lowest BCUT2D eigenvalue weighted by Gasteiger charge is -2.27. The Labute approximate surface area is 159 Å². The van der Waals surface area contributed by atoms with Gasteiger partial charge in [0.15, 0.2) is 11.6 Å². The van der Waals surface area contributed by atoms with Crippen LogP contribution in [0, 0.1) is 11.6 Å². The van der Waals surface area contributed by atoms with Gasteiger partial charge in [-0.05, 0) is 30.3 Å². The molecule has 0 atom stereocenters. The second-order valence-corrected chi connectivity index (χ2v) is 6.52. The number of fused-ring (bicyclic) bond motifs is 1. The third kappa shape index (κ3) is 3.06. The Bertz CT molecular complexity index is 1060. The van der Waals surface area contributed by atoms with Crippen molar-refractivity contribution in [2.45, 2.75) is 13.0 Å². The maximum absolute atomic E-state index is 13.6. The number of nitrogens with one attached hydrogen (secondary N) is 1. The second kappa shape index (κ2) is 6.95. The van der Waals surface area contributed by atoms with E-state index in [9.17, 15) is 18.7 Å². The summed E-state index contributed by atoms with van der Waals surface area (Å²) in [6.07, 6.45) is 0.536. The minimum atomic E-state index is -0.957. The van der Waals surface area contributed by atoms with Gasteiger partial charge in [0, 0.05) is 42.4 Å². The van der Waals surface area contributed by atoms with Crippen molar-refractivity contribution in [1.82, 2.24) is 15.1 Å². The first-order valence-electron chi connectivity index (χ1n) is 8.65. The number of phenolic OH excluding ortho intramolecular Hbond substituents is 1. The molecule has 0 radical (unpaired) electrons. The molecule has 0 saturated heterocycles. The predicted molar refractivity (Wildman–Crippen MR) is 97.0 cm³/mol. The molecule has 0 spiro atoms. The van der Waals surface area contributed by atoms with E-state index in [1.54, 1.807) is 11.0 Å². The van der Waals surface area contributed by atoms with E-state index < -0.39 is 11.6 Å².